The van der Waals surface area contributed by atoms with Crippen LogP contribution in [-0.2, 0) is 0 Å². The maximum Gasteiger partial charge on any atom is 0.148 e. The topological polar surface area (TPSA) is 53.6 Å². The van der Waals surface area contributed by atoms with Gasteiger partial charge < -0.3 is 5.32 Å². The van der Waals surface area contributed by atoms with E-state index in [-0.39, 0.29) is 11.1 Å². The molecule has 0 aliphatic rings. The molecule has 0 fully saturated rings. The Morgan fingerprint density at radius 3 is 2.55 bits per heavy atom. The molecule has 0 aliphatic carbocycles. The van der Waals surface area contributed by atoms with Gasteiger partial charge in [0.05, 0.1) is 27.0 Å². The number of nitriles is 1. The van der Waals surface area contributed by atoms with Gasteiger partial charge in [-0.05, 0) is 26.0 Å². The lowest BCUT2D eigenvalue weighted by Crippen LogP contribution is -2.15. The van der Waals surface area contributed by atoms with Crippen molar-refractivity contribution in [2.24, 2.45) is 0 Å². The van der Waals surface area contributed by atoms with Crippen LogP contribution in [0.25, 0.3) is 5.69 Å². The van der Waals surface area contributed by atoms with Crippen molar-refractivity contribution in [2.45, 2.75) is 19.9 Å². The van der Waals surface area contributed by atoms with Gasteiger partial charge in [-0.25, -0.2) is 4.68 Å². The molecule has 1 aromatic heterocycles. The number of halogens is 3. The number of nitrogens with zero attached hydrogens (tertiary/aromatic N) is 3. The van der Waals surface area contributed by atoms with E-state index in [9.17, 15) is 0 Å². The first-order chi connectivity index (χ1) is 9.45. The van der Waals surface area contributed by atoms with Gasteiger partial charge in [0, 0.05) is 6.04 Å². The predicted molar refractivity (Wildman–Crippen MR) is 82.1 cm³/mol. The Morgan fingerprint density at radius 1 is 1.25 bits per heavy atom. The average molecular weight is 330 g/mol. The molecule has 7 heteroatoms. The summed E-state index contributed by atoms with van der Waals surface area (Å²) in [6.45, 7) is 3.93. The molecule has 20 heavy (non-hydrogen) atoms. The molecule has 0 spiro atoms. The second-order valence-electron chi connectivity index (χ2n) is 4.42. The number of nitrogens with one attached hydrogen (secondary N) is 1. The standard InChI is InChI=1S/C13H11Cl3N4/c1-7(2)19-13-8(5-17)6-18-20(13)10-4-3-9(14)11(15)12(10)16/h3-4,6-7,19H,1-2H3. The molecular weight excluding hydrogens is 319 g/mol. The number of hydrogen-bond donors (Lipinski definition) is 1. The molecule has 0 bridgehead atoms. The van der Waals surface area contributed by atoms with Crippen LogP contribution in [-0.4, -0.2) is 15.8 Å². The largest absolute Gasteiger partial charge is 0.367 e. The minimum atomic E-state index is 0.138. The molecule has 104 valence electrons. The monoisotopic (exact) mass is 328 g/mol. The summed E-state index contributed by atoms with van der Waals surface area (Å²) < 4.78 is 1.54. The van der Waals surface area contributed by atoms with E-state index in [1.807, 2.05) is 13.8 Å². The maximum atomic E-state index is 9.14. The molecule has 2 rings (SSSR count). The fraction of sp³-hybridized carbons (Fsp3) is 0.231. The zero-order chi connectivity index (χ0) is 14.9. The summed E-state index contributed by atoms with van der Waals surface area (Å²) >= 11 is 18.2. The molecule has 0 amide bonds. The fourth-order valence-corrected chi connectivity index (χ4v) is 2.32. The van der Waals surface area contributed by atoms with Gasteiger partial charge in [-0.3, -0.25) is 0 Å². The first-order valence-corrected chi connectivity index (χ1v) is 6.97. The van der Waals surface area contributed by atoms with Gasteiger partial charge in [0.25, 0.3) is 0 Å². The van der Waals surface area contributed by atoms with Crippen molar-refractivity contribution in [3.8, 4) is 11.8 Å². The Labute approximate surface area is 131 Å². The van der Waals surface area contributed by atoms with Crippen molar-refractivity contribution >= 4 is 40.6 Å². The SMILES string of the molecule is CC(C)Nc1c(C#N)cnn1-c1ccc(Cl)c(Cl)c1Cl. The molecular formula is C13H11Cl3N4. The highest BCUT2D eigenvalue weighted by Gasteiger charge is 2.17. The van der Waals surface area contributed by atoms with Gasteiger partial charge in [0.2, 0.25) is 0 Å². The van der Waals surface area contributed by atoms with Gasteiger partial charge in [0.15, 0.2) is 0 Å². The van der Waals surface area contributed by atoms with Crippen LogP contribution in [0, 0.1) is 11.3 Å². The third-order valence-electron chi connectivity index (χ3n) is 2.56. The lowest BCUT2D eigenvalue weighted by atomic mass is 10.3. The van der Waals surface area contributed by atoms with Crippen molar-refractivity contribution in [1.82, 2.24) is 9.78 Å². The molecule has 1 N–H and O–H groups in total. The van der Waals surface area contributed by atoms with Crippen LogP contribution in [0.1, 0.15) is 19.4 Å². The van der Waals surface area contributed by atoms with Crippen LogP contribution in [0.5, 0.6) is 0 Å². The van der Waals surface area contributed by atoms with E-state index in [0.717, 1.165) is 0 Å². The Hall–Kier alpha value is -1.41. The predicted octanol–water partition coefficient (Wildman–Crippen LogP) is 4.52. The minimum absolute atomic E-state index is 0.138. The molecule has 1 heterocycles. The summed E-state index contributed by atoms with van der Waals surface area (Å²) in [7, 11) is 0. The van der Waals surface area contributed by atoms with Gasteiger partial charge in [-0.1, -0.05) is 34.8 Å². The lowest BCUT2D eigenvalue weighted by molar-refractivity contribution is 0.831. The molecule has 1 aromatic carbocycles. The van der Waals surface area contributed by atoms with Crippen LogP contribution < -0.4 is 5.32 Å². The van der Waals surface area contributed by atoms with Crippen molar-refractivity contribution < 1.29 is 0 Å². The van der Waals surface area contributed by atoms with Crippen molar-refractivity contribution in [1.29, 1.82) is 5.26 Å². The van der Waals surface area contributed by atoms with E-state index in [1.165, 1.54) is 6.20 Å². The Kier molecular flexibility index (Phi) is 4.44. The van der Waals surface area contributed by atoms with E-state index >= 15 is 0 Å². The van der Waals surface area contributed by atoms with Crippen LogP contribution in [0.2, 0.25) is 15.1 Å². The Bertz CT molecular complexity index is 686. The molecule has 4 nitrogen and oxygen atoms in total. The third-order valence-corrected chi connectivity index (χ3v) is 3.84. The van der Waals surface area contributed by atoms with Gasteiger partial charge >= 0.3 is 0 Å². The second-order valence-corrected chi connectivity index (χ2v) is 5.59. The van der Waals surface area contributed by atoms with E-state index in [0.29, 0.717) is 27.1 Å². The number of benzene rings is 1. The van der Waals surface area contributed by atoms with Crippen LogP contribution >= 0.6 is 34.8 Å². The van der Waals surface area contributed by atoms with Crippen LogP contribution in [0.4, 0.5) is 5.82 Å². The molecule has 0 unspecified atom stereocenters. The maximum absolute atomic E-state index is 9.14. The zero-order valence-corrected chi connectivity index (χ0v) is 13.1. The summed E-state index contributed by atoms with van der Waals surface area (Å²) in [6, 6.07) is 5.57. The molecule has 0 saturated heterocycles. The molecule has 2 aromatic rings. The third kappa shape index (κ3) is 2.71. The number of hydrogen-bond acceptors (Lipinski definition) is 3. The zero-order valence-electron chi connectivity index (χ0n) is 10.8. The summed E-state index contributed by atoms with van der Waals surface area (Å²) in [5, 5.41) is 17.4. The molecule has 0 aliphatic heterocycles. The average Bonchev–Trinajstić information content (AvgIpc) is 2.78. The van der Waals surface area contributed by atoms with E-state index < -0.39 is 0 Å². The quantitative estimate of drug-likeness (QED) is 0.842. The molecule has 0 radical (unpaired) electrons. The number of anilines is 1. The Morgan fingerprint density at radius 2 is 1.95 bits per heavy atom. The smallest absolute Gasteiger partial charge is 0.148 e. The van der Waals surface area contributed by atoms with Gasteiger partial charge in [-0.2, -0.15) is 10.4 Å². The summed E-state index contributed by atoms with van der Waals surface area (Å²) in [5.74, 6) is 0.572. The van der Waals surface area contributed by atoms with Gasteiger partial charge in [-0.15, -0.1) is 0 Å². The number of aromatic nitrogens is 2. The van der Waals surface area contributed by atoms with Crippen LogP contribution in [0.3, 0.4) is 0 Å². The van der Waals surface area contributed by atoms with Crippen molar-refractivity contribution in [2.75, 3.05) is 5.32 Å². The first-order valence-electron chi connectivity index (χ1n) is 5.84. The Balaban J connectivity index is 2.62. The normalized spacial score (nSPS) is 10.7. The lowest BCUT2D eigenvalue weighted by Gasteiger charge is -2.14. The number of rotatable bonds is 3. The summed E-state index contributed by atoms with van der Waals surface area (Å²) in [6.07, 6.45) is 1.48. The van der Waals surface area contributed by atoms with Crippen LogP contribution in [0.15, 0.2) is 18.3 Å². The molecule has 0 atom stereocenters. The van der Waals surface area contributed by atoms with E-state index in [2.05, 4.69) is 16.5 Å². The summed E-state index contributed by atoms with van der Waals surface area (Å²) in [4.78, 5) is 0. The minimum Gasteiger partial charge on any atom is -0.367 e. The van der Waals surface area contributed by atoms with Crippen molar-refractivity contribution in [3.63, 3.8) is 0 Å². The first kappa shape index (κ1) is 15.0. The highest BCUT2D eigenvalue weighted by molar-refractivity contribution is 6.48. The highest BCUT2D eigenvalue weighted by atomic mass is 35.5. The van der Waals surface area contributed by atoms with Crippen molar-refractivity contribution in [3.05, 3.63) is 39.0 Å². The van der Waals surface area contributed by atoms with Gasteiger partial charge in [0.1, 0.15) is 17.5 Å². The second kappa shape index (κ2) is 5.92. The highest BCUT2D eigenvalue weighted by Crippen LogP contribution is 2.36. The fourth-order valence-electron chi connectivity index (χ4n) is 1.70. The summed E-state index contributed by atoms with van der Waals surface area (Å²) in [5.41, 5.74) is 0.992. The molecule has 0 saturated carbocycles. The van der Waals surface area contributed by atoms with E-state index in [1.54, 1.807) is 16.8 Å². The van der Waals surface area contributed by atoms with E-state index in [4.69, 9.17) is 40.1 Å².